The first-order valence-corrected chi connectivity index (χ1v) is 6.54. The first-order valence-electron chi connectivity index (χ1n) is 6.54. The number of rotatable bonds is 5. The topological polar surface area (TPSA) is 55.6 Å². The molecule has 1 amide bonds. The number of carbonyl (C=O) groups excluding carboxylic acids is 1. The second-order valence-electron chi connectivity index (χ2n) is 4.49. The van der Waals surface area contributed by atoms with Crippen LogP contribution in [0, 0.1) is 0 Å². The van der Waals surface area contributed by atoms with E-state index in [0.29, 0.717) is 24.5 Å². The lowest BCUT2D eigenvalue weighted by atomic mass is 10.1. The Balaban J connectivity index is 1.99. The number of hydrogen-bond donors (Lipinski definition) is 1. The van der Waals surface area contributed by atoms with Crippen LogP contribution in [0.5, 0.6) is 5.75 Å². The number of carbonyl (C=O) groups is 1. The molecule has 0 aromatic heterocycles. The Labute approximate surface area is 108 Å². The van der Waals surface area contributed by atoms with Crippen molar-refractivity contribution in [2.75, 3.05) is 26.2 Å². The van der Waals surface area contributed by atoms with Crippen molar-refractivity contribution in [3.63, 3.8) is 0 Å². The Kier molecular flexibility index (Phi) is 4.59. The average Bonchev–Trinajstić information content (AvgIpc) is 2.56. The number of para-hydroxylation sites is 1. The third-order valence-electron chi connectivity index (χ3n) is 3.16. The number of amides is 1. The molecule has 0 fully saturated rings. The summed E-state index contributed by atoms with van der Waals surface area (Å²) in [6.07, 6.45) is 3.10. The standard InChI is InChI=1S/C14H20N2O2/c15-8-4-1-5-9-16-10-11-18-13-7-3-2-6-12(13)14(16)17/h2-3,6-7H,1,4-5,8-11,15H2. The number of nitrogens with two attached hydrogens (primary N) is 1. The minimum Gasteiger partial charge on any atom is -0.491 e. The molecule has 0 saturated carbocycles. The molecule has 1 heterocycles. The van der Waals surface area contributed by atoms with Crippen molar-refractivity contribution >= 4 is 5.91 Å². The number of fused-ring (bicyclic) bond motifs is 1. The molecule has 0 radical (unpaired) electrons. The van der Waals surface area contributed by atoms with Gasteiger partial charge < -0.3 is 15.4 Å². The Hall–Kier alpha value is -1.55. The maximum Gasteiger partial charge on any atom is 0.257 e. The molecule has 1 aliphatic rings. The van der Waals surface area contributed by atoms with Gasteiger partial charge in [0.15, 0.2) is 0 Å². The van der Waals surface area contributed by atoms with Crippen LogP contribution in [0.4, 0.5) is 0 Å². The van der Waals surface area contributed by atoms with Gasteiger partial charge in [-0.15, -0.1) is 0 Å². The van der Waals surface area contributed by atoms with E-state index in [9.17, 15) is 4.79 Å². The van der Waals surface area contributed by atoms with Gasteiger partial charge in [0, 0.05) is 6.54 Å². The summed E-state index contributed by atoms with van der Waals surface area (Å²) in [5.74, 6) is 0.780. The molecule has 1 aromatic rings. The first kappa shape index (κ1) is 12.9. The van der Waals surface area contributed by atoms with Gasteiger partial charge in [0.1, 0.15) is 12.4 Å². The molecule has 1 aliphatic heterocycles. The number of hydrogen-bond acceptors (Lipinski definition) is 3. The molecular weight excluding hydrogens is 228 g/mol. The summed E-state index contributed by atoms with van der Waals surface area (Å²) in [4.78, 5) is 14.2. The summed E-state index contributed by atoms with van der Waals surface area (Å²) < 4.78 is 5.59. The van der Waals surface area contributed by atoms with E-state index in [2.05, 4.69) is 0 Å². The molecule has 0 spiro atoms. The van der Waals surface area contributed by atoms with Gasteiger partial charge in [-0.3, -0.25) is 4.79 Å². The zero-order chi connectivity index (χ0) is 12.8. The fourth-order valence-corrected chi connectivity index (χ4v) is 2.14. The summed E-state index contributed by atoms with van der Waals surface area (Å²) in [5, 5.41) is 0. The highest BCUT2D eigenvalue weighted by Crippen LogP contribution is 2.22. The second kappa shape index (κ2) is 6.40. The third kappa shape index (κ3) is 3.01. The zero-order valence-corrected chi connectivity index (χ0v) is 10.6. The predicted octanol–water partition coefficient (Wildman–Crippen LogP) is 1.65. The number of ether oxygens (including phenoxy) is 1. The van der Waals surface area contributed by atoms with Crippen molar-refractivity contribution in [3.05, 3.63) is 29.8 Å². The van der Waals surface area contributed by atoms with Crippen LogP contribution in [0.2, 0.25) is 0 Å². The lowest BCUT2D eigenvalue weighted by Crippen LogP contribution is -2.33. The van der Waals surface area contributed by atoms with Crippen LogP contribution < -0.4 is 10.5 Å². The molecule has 0 atom stereocenters. The van der Waals surface area contributed by atoms with Crippen molar-refractivity contribution in [2.45, 2.75) is 19.3 Å². The van der Waals surface area contributed by atoms with Crippen LogP contribution in [0.15, 0.2) is 24.3 Å². The summed E-state index contributed by atoms with van der Waals surface area (Å²) in [6, 6.07) is 7.45. The molecule has 18 heavy (non-hydrogen) atoms. The van der Waals surface area contributed by atoms with Crippen LogP contribution in [-0.2, 0) is 0 Å². The number of unbranched alkanes of at least 4 members (excludes halogenated alkanes) is 2. The first-order chi connectivity index (χ1) is 8.83. The van der Waals surface area contributed by atoms with E-state index < -0.39 is 0 Å². The van der Waals surface area contributed by atoms with E-state index in [0.717, 1.165) is 32.4 Å². The molecule has 98 valence electrons. The smallest absolute Gasteiger partial charge is 0.257 e. The molecule has 1 aromatic carbocycles. The van der Waals surface area contributed by atoms with Gasteiger partial charge in [0.05, 0.1) is 12.1 Å². The highest BCUT2D eigenvalue weighted by molar-refractivity contribution is 5.97. The number of benzene rings is 1. The van der Waals surface area contributed by atoms with Crippen LogP contribution >= 0.6 is 0 Å². The molecule has 4 nitrogen and oxygen atoms in total. The van der Waals surface area contributed by atoms with E-state index in [1.54, 1.807) is 0 Å². The Morgan fingerprint density at radius 3 is 2.89 bits per heavy atom. The van der Waals surface area contributed by atoms with Crippen molar-refractivity contribution in [1.29, 1.82) is 0 Å². The third-order valence-corrected chi connectivity index (χ3v) is 3.16. The average molecular weight is 248 g/mol. The Bertz CT molecular complexity index is 407. The molecule has 2 rings (SSSR count). The largest absolute Gasteiger partial charge is 0.491 e. The fraction of sp³-hybridized carbons (Fsp3) is 0.500. The molecule has 0 unspecified atom stereocenters. The lowest BCUT2D eigenvalue weighted by molar-refractivity contribution is 0.0752. The molecular formula is C14H20N2O2. The van der Waals surface area contributed by atoms with Gasteiger partial charge >= 0.3 is 0 Å². The Morgan fingerprint density at radius 2 is 2.06 bits per heavy atom. The SMILES string of the molecule is NCCCCCN1CCOc2ccccc2C1=O. The molecule has 4 heteroatoms. The van der Waals surface area contributed by atoms with Gasteiger partial charge in [-0.2, -0.15) is 0 Å². The maximum absolute atomic E-state index is 12.3. The van der Waals surface area contributed by atoms with Crippen molar-refractivity contribution in [2.24, 2.45) is 5.73 Å². The summed E-state index contributed by atoms with van der Waals surface area (Å²) in [5.41, 5.74) is 6.14. The maximum atomic E-state index is 12.3. The van der Waals surface area contributed by atoms with Crippen LogP contribution in [0.25, 0.3) is 0 Å². The van der Waals surface area contributed by atoms with Crippen molar-refractivity contribution in [3.8, 4) is 5.75 Å². The normalized spacial score (nSPS) is 14.9. The van der Waals surface area contributed by atoms with E-state index in [4.69, 9.17) is 10.5 Å². The van der Waals surface area contributed by atoms with E-state index in [1.807, 2.05) is 29.2 Å². The summed E-state index contributed by atoms with van der Waals surface area (Å²) in [7, 11) is 0. The summed E-state index contributed by atoms with van der Waals surface area (Å²) >= 11 is 0. The number of nitrogens with zero attached hydrogens (tertiary/aromatic N) is 1. The van der Waals surface area contributed by atoms with Crippen LogP contribution in [0.3, 0.4) is 0 Å². The van der Waals surface area contributed by atoms with E-state index >= 15 is 0 Å². The van der Waals surface area contributed by atoms with E-state index in [1.165, 1.54) is 0 Å². The molecule has 0 aliphatic carbocycles. The zero-order valence-electron chi connectivity index (χ0n) is 10.6. The lowest BCUT2D eigenvalue weighted by Gasteiger charge is -2.19. The highest BCUT2D eigenvalue weighted by atomic mass is 16.5. The quantitative estimate of drug-likeness (QED) is 0.806. The monoisotopic (exact) mass is 248 g/mol. The minimum atomic E-state index is 0.0795. The molecule has 0 bridgehead atoms. The highest BCUT2D eigenvalue weighted by Gasteiger charge is 2.22. The van der Waals surface area contributed by atoms with Crippen molar-refractivity contribution in [1.82, 2.24) is 4.90 Å². The summed E-state index contributed by atoms with van der Waals surface area (Å²) in [6.45, 7) is 2.74. The predicted molar refractivity (Wildman–Crippen MR) is 70.7 cm³/mol. The van der Waals surface area contributed by atoms with Gasteiger partial charge in [0.2, 0.25) is 0 Å². The van der Waals surface area contributed by atoms with Gasteiger partial charge in [-0.1, -0.05) is 18.6 Å². The van der Waals surface area contributed by atoms with Gasteiger partial charge in [0.25, 0.3) is 5.91 Å². The fourth-order valence-electron chi connectivity index (χ4n) is 2.14. The Morgan fingerprint density at radius 1 is 1.22 bits per heavy atom. The minimum absolute atomic E-state index is 0.0795. The van der Waals surface area contributed by atoms with Gasteiger partial charge in [-0.25, -0.2) is 0 Å². The van der Waals surface area contributed by atoms with Crippen LogP contribution in [0.1, 0.15) is 29.6 Å². The van der Waals surface area contributed by atoms with Crippen molar-refractivity contribution < 1.29 is 9.53 Å². The van der Waals surface area contributed by atoms with Crippen LogP contribution in [-0.4, -0.2) is 37.0 Å². The van der Waals surface area contributed by atoms with Gasteiger partial charge in [-0.05, 0) is 31.5 Å². The molecule has 0 saturated heterocycles. The van der Waals surface area contributed by atoms with E-state index in [-0.39, 0.29) is 5.91 Å². The second-order valence-corrected chi connectivity index (χ2v) is 4.49. The molecule has 2 N–H and O–H groups in total.